The highest BCUT2D eigenvalue weighted by Crippen LogP contribution is 2.16. The molecule has 5 nitrogen and oxygen atoms in total. The summed E-state index contributed by atoms with van der Waals surface area (Å²) in [5.74, 6) is -0.218. The molecule has 0 saturated heterocycles. The first-order chi connectivity index (χ1) is 13.5. The molecule has 0 fully saturated rings. The molecule has 3 aromatic rings. The SMILES string of the molecule is CCCN(CCC)C(=O)c1cc2cccnc2n(Cc2ccc(Cl)cc2)c1=O. The van der Waals surface area contributed by atoms with Gasteiger partial charge in [0.05, 0.1) is 6.54 Å². The van der Waals surface area contributed by atoms with Crippen molar-refractivity contribution in [3.05, 3.63) is 75.2 Å². The maximum atomic E-state index is 13.3. The topological polar surface area (TPSA) is 55.2 Å². The van der Waals surface area contributed by atoms with Crippen molar-refractivity contribution >= 4 is 28.5 Å². The number of hydrogen-bond acceptors (Lipinski definition) is 3. The predicted molar refractivity (Wildman–Crippen MR) is 113 cm³/mol. The van der Waals surface area contributed by atoms with Crippen LogP contribution in [0.15, 0.2) is 53.5 Å². The first-order valence-corrected chi connectivity index (χ1v) is 9.95. The smallest absolute Gasteiger partial charge is 0.265 e. The molecule has 0 spiro atoms. The Kier molecular flexibility index (Phi) is 6.47. The normalized spacial score (nSPS) is 11.0. The third kappa shape index (κ3) is 4.25. The van der Waals surface area contributed by atoms with Gasteiger partial charge in [-0.25, -0.2) is 4.98 Å². The zero-order valence-electron chi connectivity index (χ0n) is 16.2. The lowest BCUT2D eigenvalue weighted by Gasteiger charge is -2.22. The van der Waals surface area contributed by atoms with Crippen LogP contribution in [-0.4, -0.2) is 33.4 Å². The van der Waals surface area contributed by atoms with Gasteiger partial charge < -0.3 is 4.90 Å². The number of amides is 1. The van der Waals surface area contributed by atoms with E-state index in [1.807, 2.05) is 38.1 Å². The zero-order chi connectivity index (χ0) is 20.1. The molecule has 0 bridgehead atoms. The van der Waals surface area contributed by atoms with Gasteiger partial charge in [-0.1, -0.05) is 37.6 Å². The molecule has 146 valence electrons. The van der Waals surface area contributed by atoms with Crippen LogP contribution in [0.1, 0.15) is 42.6 Å². The minimum atomic E-state index is -0.316. The Balaban J connectivity index is 2.12. The highest BCUT2D eigenvalue weighted by atomic mass is 35.5. The summed E-state index contributed by atoms with van der Waals surface area (Å²) in [4.78, 5) is 32.5. The van der Waals surface area contributed by atoms with Crippen molar-refractivity contribution in [1.82, 2.24) is 14.5 Å². The average Bonchev–Trinajstić information content (AvgIpc) is 2.70. The third-order valence-corrected chi connectivity index (χ3v) is 4.86. The van der Waals surface area contributed by atoms with Crippen molar-refractivity contribution in [2.75, 3.05) is 13.1 Å². The van der Waals surface area contributed by atoms with Crippen LogP contribution >= 0.6 is 11.6 Å². The Morgan fingerprint density at radius 2 is 1.79 bits per heavy atom. The lowest BCUT2D eigenvalue weighted by molar-refractivity contribution is 0.0753. The van der Waals surface area contributed by atoms with Gasteiger partial charge >= 0.3 is 0 Å². The molecule has 0 unspecified atom stereocenters. The molecule has 0 aliphatic carbocycles. The second-order valence-electron chi connectivity index (χ2n) is 6.78. The first-order valence-electron chi connectivity index (χ1n) is 9.57. The van der Waals surface area contributed by atoms with E-state index in [9.17, 15) is 9.59 Å². The van der Waals surface area contributed by atoms with Crippen LogP contribution in [-0.2, 0) is 6.54 Å². The molecular formula is C22H24ClN3O2. The molecule has 1 aromatic carbocycles. The first kappa shape index (κ1) is 20.1. The Morgan fingerprint density at radius 3 is 2.43 bits per heavy atom. The highest BCUT2D eigenvalue weighted by molar-refractivity contribution is 6.30. The van der Waals surface area contributed by atoms with Crippen molar-refractivity contribution < 1.29 is 4.79 Å². The van der Waals surface area contributed by atoms with E-state index in [1.54, 1.807) is 33.9 Å². The van der Waals surface area contributed by atoms with Crippen molar-refractivity contribution in [2.45, 2.75) is 33.2 Å². The Hall–Kier alpha value is -2.66. The molecule has 6 heteroatoms. The number of hydrogen-bond donors (Lipinski definition) is 0. The summed E-state index contributed by atoms with van der Waals surface area (Å²) in [6.45, 7) is 5.65. The van der Waals surface area contributed by atoms with Crippen molar-refractivity contribution in [2.24, 2.45) is 0 Å². The van der Waals surface area contributed by atoms with Crippen LogP contribution in [0.2, 0.25) is 5.02 Å². The second kappa shape index (κ2) is 9.02. The molecule has 0 atom stereocenters. The number of pyridine rings is 2. The molecule has 0 N–H and O–H groups in total. The van der Waals surface area contributed by atoms with Crippen LogP contribution < -0.4 is 5.56 Å². The van der Waals surface area contributed by atoms with E-state index in [4.69, 9.17) is 11.6 Å². The number of fused-ring (bicyclic) bond motifs is 1. The number of halogens is 1. The summed E-state index contributed by atoms with van der Waals surface area (Å²) in [5, 5.41) is 1.41. The monoisotopic (exact) mass is 397 g/mol. The number of aromatic nitrogens is 2. The quantitative estimate of drug-likeness (QED) is 0.595. The Bertz CT molecular complexity index is 1020. The lowest BCUT2D eigenvalue weighted by atomic mass is 10.1. The van der Waals surface area contributed by atoms with Gasteiger partial charge in [-0.2, -0.15) is 0 Å². The van der Waals surface area contributed by atoms with E-state index in [1.165, 1.54) is 0 Å². The maximum absolute atomic E-state index is 13.3. The second-order valence-corrected chi connectivity index (χ2v) is 7.22. The number of benzene rings is 1. The zero-order valence-corrected chi connectivity index (χ0v) is 16.9. The molecule has 0 aliphatic heterocycles. The molecule has 0 radical (unpaired) electrons. The van der Waals surface area contributed by atoms with Gasteiger partial charge in [0, 0.05) is 29.7 Å². The van der Waals surface area contributed by atoms with E-state index in [2.05, 4.69) is 4.98 Å². The summed E-state index contributed by atoms with van der Waals surface area (Å²) in [6.07, 6.45) is 3.35. The number of carbonyl (C=O) groups excluding carboxylic acids is 1. The number of rotatable bonds is 7. The molecule has 3 rings (SSSR count). The fourth-order valence-corrected chi connectivity index (χ4v) is 3.43. The number of carbonyl (C=O) groups is 1. The van der Waals surface area contributed by atoms with Crippen molar-refractivity contribution in [1.29, 1.82) is 0 Å². The van der Waals surface area contributed by atoms with E-state index in [-0.39, 0.29) is 17.0 Å². The van der Waals surface area contributed by atoms with Crippen molar-refractivity contribution in [3.63, 3.8) is 0 Å². The van der Waals surface area contributed by atoms with Gasteiger partial charge in [0.25, 0.3) is 11.5 Å². The average molecular weight is 398 g/mol. The van der Waals surface area contributed by atoms with Crippen LogP contribution in [0, 0.1) is 0 Å². The minimum absolute atomic E-state index is 0.191. The maximum Gasteiger partial charge on any atom is 0.265 e. The van der Waals surface area contributed by atoms with Crippen LogP contribution in [0.25, 0.3) is 11.0 Å². The van der Waals surface area contributed by atoms with Crippen LogP contribution in [0.5, 0.6) is 0 Å². The molecule has 1 amide bonds. The Labute approximate surface area is 169 Å². The molecule has 0 aliphatic rings. The van der Waals surface area contributed by atoms with Gasteiger partial charge in [0.2, 0.25) is 0 Å². The molecule has 28 heavy (non-hydrogen) atoms. The predicted octanol–water partition coefficient (Wildman–Crippen LogP) is 4.36. The van der Waals surface area contributed by atoms with Gasteiger partial charge in [0.15, 0.2) is 0 Å². The molecule has 0 saturated carbocycles. The summed E-state index contributed by atoms with van der Waals surface area (Å²) in [5.41, 5.74) is 1.36. The summed E-state index contributed by atoms with van der Waals surface area (Å²) >= 11 is 5.97. The van der Waals surface area contributed by atoms with Gasteiger partial charge in [-0.15, -0.1) is 0 Å². The summed E-state index contributed by atoms with van der Waals surface area (Å²) in [6, 6.07) is 12.7. The Morgan fingerprint density at radius 1 is 1.11 bits per heavy atom. The lowest BCUT2D eigenvalue weighted by Crippen LogP contribution is -2.38. The summed E-state index contributed by atoms with van der Waals surface area (Å²) in [7, 11) is 0. The standard InChI is InChI=1S/C22H24ClN3O2/c1-3-12-25(13-4-2)21(27)19-14-17-6-5-11-24-20(17)26(22(19)28)15-16-7-9-18(23)10-8-16/h5-11,14H,3-4,12-13,15H2,1-2H3. The van der Waals surface area contributed by atoms with E-state index in [0.29, 0.717) is 30.3 Å². The van der Waals surface area contributed by atoms with Crippen LogP contribution in [0.3, 0.4) is 0 Å². The molecular weight excluding hydrogens is 374 g/mol. The fraction of sp³-hybridized carbons (Fsp3) is 0.318. The molecule has 2 heterocycles. The number of nitrogens with zero attached hydrogens (tertiary/aromatic N) is 3. The highest BCUT2D eigenvalue weighted by Gasteiger charge is 2.21. The molecule has 2 aromatic heterocycles. The third-order valence-electron chi connectivity index (χ3n) is 4.61. The van der Waals surface area contributed by atoms with Gasteiger partial charge in [0.1, 0.15) is 11.2 Å². The van der Waals surface area contributed by atoms with Crippen LogP contribution in [0.4, 0.5) is 0 Å². The summed E-state index contributed by atoms with van der Waals surface area (Å²) < 4.78 is 1.57. The fourth-order valence-electron chi connectivity index (χ4n) is 3.30. The van der Waals surface area contributed by atoms with Crippen molar-refractivity contribution in [3.8, 4) is 0 Å². The van der Waals surface area contributed by atoms with Gasteiger partial charge in [-0.05, 0) is 48.7 Å². The minimum Gasteiger partial charge on any atom is -0.338 e. The van der Waals surface area contributed by atoms with E-state index in [0.717, 1.165) is 23.8 Å². The van der Waals surface area contributed by atoms with E-state index < -0.39 is 0 Å². The van der Waals surface area contributed by atoms with Gasteiger partial charge in [-0.3, -0.25) is 14.2 Å². The largest absolute Gasteiger partial charge is 0.338 e. The van der Waals surface area contributed by atoms with E-state index >= 15 is 0 Å².